The van der Waals surface area contributed by atoms with Gasteiger partial charge in [0, 0.05) is 12.1 Å². The summed E-state index contributed by atoms with van der Waals surface area (Å²) in [5.41, 5.74) is 0.0270. The van der Waals surface area contributed by atoms with Crippen molar-refractivity contribution in [3.63, 3.8) is 0 Å². The van der Waals surface area contributed by atoms with Crippen LogP contribution in [0.15, 0.2) is 24.3 Å². The molecule has 20 heavy (non-hydrogen) atoms. The van der Waals surface area contributed by atoms with Crippen molar-refractivity contribution in [1.82, 2.24) is 5.32 Å². The van der Waals surface area contributed by atoms with Gasteiger partial charge in [-0.1, -0.05) is 12.1 Å². The van der Waals surface area contributed by atoms with Crippen LogP contribution in [0.25, 0.3) is 0 Å². The molecule has 0 aliphatic carbocycles. The van der Waals surface area contributed by atoms with E-state index < -0.39 is 21.6 Å². The fourth-order valence-corrected chi connectivity index (χ4v) is 4.02. The van der Waals surface area contributed by atoms with Gasteiger partial charge in [-0.15, -0.1) is 0 Å². The fraction of sp³-hybridized carbons (Fsp3) is 0.538. The molecule has 1 fully saturated rings. The number of rotatable bonds is 3. The summed E-state index contributed by atoms with van der Waals surface area (Å²) in [6.07, 6.45) is -3.79. The van der Waals surface area contributed by atoms with Crippen LogP contribution in [-0.2, 0) is 16.0 Å². The number of hydrogen-bond donors (Lipinski definition) is 1. The van der Waals surface area contributed by atoms with Gasteiger partial charge in [-0.2, -0.15) is 13.2 Å². The predicted octanol–water partition coefficient (Wildman–Crippen LogP) is 2.54. The monoisotopic (exact) mass is 307 g/mol. The molecule has 1 saturated heterocycles. The second kappa shape index (κ2) is 5.37. The lowest BCUT2D eigenvalue weighted by atomic mass is 10.0. The number of halogens is 3. The molecule has 1 N–H and O–H groups in total. The molecule has 0 amide bonds. The van der Waals surface area contributed by atoms with Crippen LogP contribution >= 0.6 is 0 Å². The van der Waals surface area contributed by atoms with Gasteiger partial charge in [0.05, 0.1) is 17.1 Å². The first-order valence-corrected chi connectivity index (χ1v) is 8.13. The second-order valence-corrected chi connectivity index (χ2v) is 7.34. The Kier molecular flexibility index (Phi) is 4.11. The minimum absolute atomic E-state index is 0.0952. The highest BCUT2D eigenvalue weighted by atomic mass is 32.2. The standard InChI is InChI=1S/C13H16F3NO2S/c1-9(17-12-6-7-20(18,19)8-12)10-2-4-11(5-3-10)13(14,15)16/h2-5,9,12,17H,6-8H2,1H3. The van der Waals surface area contributed by atoms with E-state index in [-0.39, 0.29) is 23.6 Å². The van der Waals surface area contributed by atoms with Crippen molar-refractivity contribution in [3.8, 4) is 0 Å². The maximum Gasteiger partial charge on any atom is 0.416 e. The van der Waals surface area contributed by atoms with E-state index >= 15 is 0 Å². The van der Waals surface area contributed by atoms with Crippen molar-refractivity contribution >= 4 is 9.84 Å². The molecule has 0 aromatic heterocycles. The van der Waals surface area contributed by atoms with Gasteiger partial charge in [-0.25, -0.2) is 8.42 Å². The summed E-state index contributed by atoms with van der Waals surface area (Å²) >= 11 is 0. The van der Waals surface area contributed by atoms with Crippen LogP contribution < -0.4 is 5.32 Å². The zero-order valence-electron chi connectivity index (χ0n) is 10.9. The predicted molar refractivity (Wildman–Crippen MR) is 70.1 cm³/mol. The van der Waals surface area contributed by atoms with Crippen molar-refractivity contribution in [1.29, 1.82) is 0 Å². The van der Waals surface area contributed by atoms with Gasteiger partial charge in [-0.3, -0.25) is 0 Å². The first kappa shape index (κ1) is 15.3. The van der Waals surface area contributed by atoms with Crippen LogP contribution in [0.3, 0.4) is 0 Å². The number of hydrogen-bond acceptors (Lipinski definition) is 3. The molecular formula is C13H16F3NO2S. The van der Waals surface area contributed by atoms with Gasteiger partial charge in [-0.05, 0) is 31.0 Å². The number of nitrogens with one attached hydrogen (secondary N) is 1. The van der Waals surface area contributed by atoms with Crippen LogP contribution in [0.2, 0.25) is 0 Å². The molecule has 1 aromatic rings. The third-order valence-corrected chi connectivity index (χ3v) is 5.22. The average Bonchev–Trinajstić information content (AvgIpc) is 2.67. The topological polar surface area (TPSA) is 46.2 Å². The molecule has 2 atom stereocenters. The first-order chi connectivity index (χ1) is 9.17. The third kappa shape index (κ3) is 3.73. The third-order valence-electron chi connectivity index (χ3n) is 3.46. The van der Waals surface area contributed by atoms with E-state index in [0.29, 0.717) is 12.0 Å². The Morgan fingerprint density at radius 3 is 2.30 bits per heavy atom. The SMILES string of the molecule is CC(NC1CCS(=O)(=O)C1)c1ccc(C(F)(F)F)cc1. The average molecular weight is 307 g/mol. The highest BCUT2D eigenvalue weighted by Gasteiger charge is 2.31. The molecule has 7 heteroatoms. The van der Waals surface area contributed by atoms with E-state index in [2.05, 4.69) is 5.32 Å². The molecule has 1 aliphatic rings. The van der Waals surface area contributed by atoms with Crippen LogP contribution in [0.1, 0.15) is 30.5 Å². The van der Waals surface area contributed by atoms with E-state index in [1.165, 1.54) is 12.1 Å². The fourth-order valence-electron chi connectivity index (χ4n) is 2.34. The summed E-state index contributed by atoms with van der Waals surface area (Å²) in [7, 11) is -2.96. The Bertz CT molecular complexity index is 566. The Hall–Kier alpha value is -1.08. The molecule has 2 unspecified atom stereocenters. The summed E-state index contributed by atoms with van der Waals surface area (Å²) < 4.78 is 60.1. The van der Waals surface area contributed by atoms with E-state index in [4.69, 9.17) is 0 Å². The number of alkyl halides is 3. The van der Waals surface area contributed by atoms with Gasteiger partial charge in [0.15, 0.2) is 9.84 Å². The Morgan fingerprint density at radius 2 is 1.85 bits per heavy atom. The summed E-state index contributed by atoms with van der Waals surface area (Å²) in [6, 6.07) is 4.61. The van der Waals surface area contributed by atoms with E-state index in [1.807, 2.05) is 6.92 Å². The normalized spacial score (nSPS) is 23.7. The minimum atomic E-state index is -4.34. The van der Waals surface area contributed by atoms with Crippen molar-refractivity contribution in [2.45, 2.75) is 31.6 Å². The summed E-state index contributed by atoms with van der Waals surface area (Å²) in [4.78, 5) is 0. The van der Waals surface area contributed by atoms with Crippen molar-refractivity contribution in [3.05, 3.63) is 35.4 Å². The maximum absolute atomic E-state index is 12.5. The van der Waals surface area contributed by atoms with Crippen molar-refractivity contribution < 1.29 is 21.6 Å². The van der Waals surface area contributed by atoms with E-state index in [1.54, 1.807) is 0 Å². The Morgan fingerprint density at radius 1 is 1.25 bits per heavy atom. The zero-order chi connectivity index (χ0) is 15.0. The van der Waals surface area contributed by atoms with Crippen LogP contribution in [-0.4, -0.2) is 26.0 Å². The molecule has 0 bridgehead atoms. The molecule has 3 nitrogen and oxygen atoms in total. The molecular weight excluding hydrogens is 291 g/mol. The largest absolute Gasteiger partial charge is 0.416 e. The Balaban J connectivity index is 2.01. The first-order valence-electron chi connectivity index (χ1n) is 6.31. The second-order valence-electron chi connectivity index (χ2n) is 5.11. The van der Waals surface area contributed by atoms with E-state index in [0.717, 1.165) is 12.1 Å². The lowest BCUT2D eigenvalue weighted by Gasteiger charge is -2.19. The smallest absolute Gasteiger partial charge is 0.306 e. The number of sulfone groups is 1. The molecule has 112 valence electrons. The minimum Gasteiger partial charge on any atom is -0.306 e. The lowest BCUT2D eigenvalue weighted by Crippen LogP contribution is -2.32. The summed E-state index contributed by atoms with van der Waals surface area (Å²) in [6.45, 7) is 1.81. The van der Waals surface area contributed by atoms with Gasteiger partial charge in [0.1, 0.15) is 0 Å². The molecule has 1 aliphatic heterocycles. The quantitative estimate of drug-likeness (QED) is 0.933. The zero-order valence-corrected chi connectivity index (χ0v) is 11.8. The van der Waals surface area contributed by atoms with Gasteiger partial charge in [0.2, 0.25) is 0 Å². The van der Waals surface area contributed by atoms with Crippen LogP contribution in [0, 0.1) is 0 Å². The molecule has 0 radical (unpaired) electrons. The van der Waals surface area contributed by atoms with Crippen molar-refractivity contribution in [2.75, 3.05) is 11.5 Å². The summed E-state index contributed by atoms with van der Waals surface area (Å²) in [5.74, 6) is 0.266. The highest BCUT2D eigenvalue weighted by molar-refractivity contribution is 7.91. The van der Waals surface area contributed by atoms with Crippen LogP contribution in [0.4, 0.5) is 13.2 Å². The molecule has 1 aromatic carbocycles. The van der Waals surface area contributed by atoms with Gasteiger partial charge in [0.25, 0.3) is 0 Å². The van der Waals surface area contributed by atoms with E-state index in [9.17, 15) is 21.6 Å². The van der Waals surface area contributed by atoms with Gasteiger partial charge >= 0.3 is 6.18 Å². The molecule has 0 spiro atoms. The van der Waals surface area contributed by atoms with Crippen LogP contribution in [0.5, 0.6) is 0 Å². The van der Waals surface area contributed by atoms with Crippen molar-refractivity contribution in [2.24, 2.45) is 0 Å². The maximum atomic E-state index is 12.5. The Labute approximate surface area is 116 Å². The molecule has 2 rings (SSSR count). The molecule has 1 heterocycles. The number of benzene rings is 1. The highest BCUT2D eigenvalue weighted by Crippen LogP contribution is 2.30. The summed E-state index contributed by atoms with van der Waals surface area (Å²) in [5, 5.41) is 3.15. The van der Waals surface area contributed by atoms with Gasteiger partial charge < -0.3 is 5.32 Å². The lowest BCUT2D eigenvalue weighted by molar-refractivity contribution is -0.137. The molecule has 0 saturated carbocycles.